The van der Waals surface area contributed by atoms with Gasteiger partial charge in [-0.05, 0) is 31.4 Å². The van der Waals surface area contributed by atoms with E-state index in [0.29, 0.717) is 0 Å². The van der Waals surface area contributed by atoms with Crippen molar-refractivity contribution in [2.24, 2.45) is 4.99 Å². The van der Waals surface area contributed by atoms with E-state index >= 15 is 0 Å². The summed E-state index contributed by atoms with van der Waals surface area (Å²) in [7, 11) is 1.79. The van der Waals surface area contributed by atoms with Crippen LogP contribution in [0, 0.1) is 6.92 Å². The molecule has 18 heavy (non-hydrogen) atoms. The van der Waals surface area contributed by atoms with Crippen LogP contribution < -0.4 is 10.6 Å². The van der Waals surface area contributed by atoms with E-state index in [-0.39, 0.29) is 24.0 Å². The smallest absolute Gasteiger partial charge is 0.190 e. The minimum Gasteiger partial charge on any atom is -0.356 e. The zero-order valence-corrected chi connectivity index (χ0v) is 13.7. The molecule has 0 aromatic carbocycles. The van der Waals surface area contributed by atoms with Crippen molar-refractivity contribution >= 4 is 29.9 Å². The van der Waals surface area contributed by atoms with Crippen LogP contribution in [0.2, 0.25) is 0 Å². The average molecular weight is 362 g/mol. The van der Waals surface area contributed by atoms with Crippen molar-refractivity contribution in [3.8, 4) is 0 Å². The van der Waals surface area contributed by atoms with Crippen molar-refractivity contribution in [2.45, 2.75) is 26.7 Å². The molecule has 0 saturated heterocycles. The molecule has 0 atom stereocenters. The van der Waals surface area contributed by atoms with Gasteiger partial charge in [-0.3, -0.25) is 9.98 Å². The third kappa shape index (κ3) is 6.78. The summed E-state index contributed by atoms with van der Waals surface area (Å²) in [5.74, 6) is 0.868. The highest BCUT2D eigenvalue weighted by Crippen LogP contribution is 1.99. The van der Waals surface area contributed by atoms with Crippen LogP contribution >= 0.6 is 24.0 Å². The van der Waals surface area contributed by atoms with Crippen LogP contribution in [-0.4, -0.2) is 31.1 Å². The highest BCUT2D eigenvalue weighted by molar-refractivity contribution is 14.0. The van der Waals surface area contributed by atoms with Gasteiger partial charge in [-0.15, -0.1) is 24.0 Å². The Kier molecular flexibility index (Phi) is 9.63. The molecule has 0 saturated carbocycles. The summed E-state index contributed by atoms with van der Waals surface area (Å²) in [5.41, 5.74) is 2.30. The number of hydrogen-bond acceptors (Lipinski definition) is 2. The fourth-order valence-corrected chi connectivity index (χ4v) is 1.44. The summed E-state index contributed by atoms with van der Waals surface area (Å²) < 4.78 is 0. The molecule has 0 amide bonds. The number of rotatable bonds is 5. The maximum atomic E-state index is 4.27. The number of nitrogens with one attached hydrogen (secondary N) is 2. The Balaban J connectivity index is 0.00000289. The van der Waals surface area contributed by atoms with E-state index in [0.717, 1.165) is 37.6 Å². The minimum atomic E-state index is 0. The second kappa shape index (κ2) is 10.1. The van der Waals surface area contributed by atoms with E-state index in [2.05, 4.69) is 33.6 Å². The maximum Gasteiger partial charge on any atom is 0.190 e. The van der Waals surface area contributed by atoms with Gasteiger partial charge in [0.05, 0.1) is 0 Å². The summed E-state index contributed by atoms with van der Waals surface area (Å²) in [6, 6.07) is 4.16. The lowest BCUT2D eigenvalue weighted by molar-refractivity contribution is 0.772. The Morgan fingerprint density at radius 3 is 2.56 bits per heavy atom. The van der Waals surface area contributed by atoms with E-state index in [1.165, 1.54) is 5.56 Å². The molecule has 0 aliphatic heterocycles. The summed E-state index contributed by atoms with van der Waals surface area (Å²) in [6.45, 7) is 5.96. The normalized spacial score (nSPS) is 10.7. The van der Waals surface area contributed by atoms with Crippen LogP contribution in [-0.2, 0) is 6.42 Å². The summed E-state index contributed by atoms with van der Waals surface area (Å²) in [6.07, 6.45) is 3.99. The molecule has 0 bridgehead atoms. The molecule has 5 heteroatoms. The lowest BCUT2D eigenvalue weighted by atomic mass is 10.2. The Morgan fingerprint density at radius 2 is 2.00 bits per heavy atom. The lowest BCUT2D eigenvalue weighted by Crippen LogP contribution is -2.38. The average Bonchev–Trinajstić information content (AvgIpc) is 2.36. The topological polar surface area (TPSA) is 49.3 Å². The summed E-state index contributed by atoms with van der Waals surface area (Å²) in [4.78, 5) is 8.42. The number of pyridine rings is 1. The zero-order chi connectivity index (χ0) is 12.5. The fourth-order valence-electron chi connectivity index (χ4n) is 1.44. The van der Waals surface area contributed by atoms with Gasteiger partial charge in [0.15, 0.2) is 5.96 Å². The highest BCUT2D eigenvalue weighted by Gasteiger charge is 1.97. The van der Waals surface area contributed by atoms with E-state index in [1.807, 2.05) is 19.2 Å². The van der Waals surface area contributed by atoms with Crippen LogP contribution in [0.1, 0.15) is 24.6 Å². The van der Waals surface area contributed by atoms with Gasteiger partial charge in [0, 0.05) is 32.0 Å². The summed E-state index contributed by atoms with van der Waals surface area (Å²) >= 11 is 0. The molecule has 0 aliphatic rings. The third-order valence-corrected chi connectivity index (χ3v) is 2.44. The number of aliphatic imine (C=N–C) groups is 1. The molecule has 0 fully saturated rings. The van der Waals surface area contributed by atoms with Crippen LogP contribution in [0.4, 0.5) is 0 Å². The first kappa shape index (κ1) is 17.2. The van der Waals surface area contributed by atoms with Gasteiger partial charge in [-0.25, -0.2) is 0 Å². The SMILES string of the molecule is CCCNC(=NC)NCCc1ccc(C)nc1.I. The molecule has 102 valence electrons. The first-order valence-corrected chi connectivity index (χ1v) is 6.12. The fraction of sp³-hybridized carbons (Fsp3) is 0.538. The molecule has 0 radical (unpaired) electrons. The van der Waals surface area contributed by atoms with Crippen molar-refractivity contribution in [2.75, 3.05) is 20.1 Å². The van der Waals surface area contributed by atoms with Gasteiger partial charge in [0.1, 0.15) is 0 Å². The van der Waals surface area contributed by atoms with Gasteiger partial charge < -0.3 is 10.6 Å². The highest BCUT2D eigenvalue weighted by atomic mass is 127. The molecular formula is C13H23IN4. The van der Waals surface area contributed by atoms with Crippen LogP contribution in [0.5, 0.6) is 0 Å². The second-order valence-electron chi connectivity index (χ2n) is 3.98. The number of aryl methyl sites for hydroxylation is 1. The van der Waals surface area contributed by atoms with Gasteiger partial charge in [0.2, 0.25) is 0 Å². The summed E-state index contributed by atoms with van der Waals surface area (Å²) in [5, 5.41) is 6.52. The quantitative estimate of drug-likeness (QED) is 0.479. The molecule has 4 nitrogen and oxygen atoms in total. The predicted octanol–water partition coefficient (Wildman–Crippen LogP) is 2.13. The van der Waals surface area contributed by atoms with E-state index < -0.39 is 0 Å². The van der Waals surface area contributed by atoms with Crippen molar-refractivity contribution in [3.05, 3.63) is 29.6 Å². The molecule has 1 aromatic heterocycles. The van der Waals surface area contributed by atoms with Gasteiger partial charge in [-0.2, -0.15) is 0 Å². The van der Waals surface area contributed by atoms with Gasteiger partial charge in [0.25, 0.3) is 0 Å². The minimum absolute atomic E-state index is 0. The first-order valence-electron chi connectivity index (χ1n) is 6.12. The van der Waals surface area contributed by atoms with Crippen LogP contribution in [0.25, 0.3) is 0 Å². The van der Waals surface area contributed by atoms with Crippen molar-refractivity contribution in [1.82, 2.24) is 15.6 Å². The molecule has 1 heterocycles. The number of nitrogens with zero attached hydrogens (tertiary/aromatic N) is 2. The number of halogens is 1. The standard InChI is InChI=1S/C13H22N4.HI/c1-4-8-15-13(14-3)16-9-7-12-6-5-11(2)17-10-12;/h5-6,10H,4,7-9H2,1-3H3,(H2,14,15,16);1H. The lowest BCUT2D eigenvalue weighted by Gasteiger charge is -2.10. The maximum absolute atomic E-state index is 4.27. The molecule has 2 N–H and O–H groups in total. The monoisotopic (exact) mass is 362 g/mol. The van der Waals surface area contributed by atoms with E-state index in [9.17, 15) is 0 Å². The van der Waals surface area contributed by atoms with E-state index in [4.69, 9.17) is 0 Å². The largest absolute Gasteiger partial charge is 0.356 e. The molecule has 1 rings (SSSR count). The van der Waals surface area contributed by atoms with Crippen LogP contribution in [0.15, 0.2) is 23.3 Å². The third-order valence-electron chi connectivity index (χ3n) is 2.44. The molecular weight excluding hydrogens is 339 g/mol. The first-order chi connectivity index (χ1) is 8.26. The van der Waals surface area contributed by atoms with Crippen molar-refractivity contribution < 1.29 is 0 Å². The van der Waals surface area contributed by atoms with Crippen molar-refractivity contribution in [1.29, 1.82) is 0 Å². The Hall–Kier alpha value is -0.850. The van der Waals surface area contributed by atoms with Crippen LogP contribution in [0.3, 0.4) is 0 Å². The second-order valence-corrected chi connectivity index (χ2v) is 3.98. The Bertz CT molecular complexity index is 349. The zero-order valence-electron chi connectivity index (χ0n) is 11.4. The number of hydrogen-bond donors (Lipinski definition) is 2. The molecule has 0 unspecified atom stereocenters. The van der Waals surface area contributed by atoms with Crippen molar-refractivity contribution in [3.63, 3.8) is 0 Å². The molecule has 0 aliphatic carbocycles. The number of aromatic nitrogens is 1. The van der Waals surface area contributed by atoms with Gasteiger partial charge in [-0.1, -0.05) is 13.0 Å². The van der Waals surface area contributed by atoms with E-state index in [1.54, 1.807) is 7.05 Å². The van der Waals surface area contributed by atoms with Gasteiger partial charge >= 0.3 is 0 Å². The Morgan fingerprint density at radius 1 is 1.28 bits per heavy atom. The number of guanidine groups is 1. The molecule has 0 spiro atoms. The Labute approximate surface area is 127 Å². The predicted molar refractivity (Wildman–Crippen MR) is 87.7 cm³/mol. The molecule has 1 aromatic rings.